The van der Waals surface area contributed by atoms with E-state index in [1.165, 1.54) is 0 Å². The van der Waals surface area contributed by atoms with Crippen molar-refractivity contribution in [3.63, 3.8) is 0 Å². The lowest BCUT2D eigenvalue weighted by atomic mass is 9.35. The van der Waals surface area contributed by atoms with Gasteiger partial charge in [0.1, 0.15) is 91.6 Å². The van der Waals surface area contributed by atoms with E-state index in [9.17, 15) is 71.5 Å². The fourth-order valence-corrected chi connectivity index (χ4v) is 16.0. The van der Waals surface area contributed by atoms with Crippen molar-refractivity contribution in [2.24, 2.45) is 45.3 Å². The number of allylic oxidation sites excluding steroid dienone is 2. The van der Waals surface area contributed by atoms with Crippen LogP contribution in [0.3, 0.4) is 0 Å². The van der Waals surface area contributed by atoms with Crippen molar-refractivity contribution >= 4 is 0 Å². The normalized spacial score (nSPS) is 52.7. The molecule has 0 bridgehead atoms. The molecule has 10 unspecified atom stereocenters. The van der Waals surface area contributed by atoms with Crippen LogP contribution in [0.2, 0.25) is 0 Å². The molecule has 0 spiro atoms. The highest BCUT2D eigenvalue weighted by molar-refractivity contribution is 5.20. The van der Waals surface area contributed by atoms with Crippen LogP contribution >= 0.6 is 0 Å². The first kappa shape index (κ1) is 60.0. The van der Waals surface area contributed by atoms with E-state index in [0.717, 1.165) is 24.8 Å². The van der Waals surface area contributed by atoms with Crippen LogP contribution in [-0.2, 0) is 37.9 Å². The molecule has 0 radical (unpaired) electrons. The van der Waals surface area contributed by atoms with Crippen LogP contribution in [0.5, 0.6) is 0 Å². The summed E-state index contributed by atoms with van der Waals surface area (Å²) in [7, 11) is 0. The van der Waals surface area contributed by atoms with Crippen molar-refractivity contribution < 1.29 is 109 Å². The van der Waals surface area contributed by atoms with E-state index in [2.05, 4.69) is 40.7 Å². The second kappa shape index (κ2) is 22.7. The van der Waals surface area contributed by atoms with Gasteiger partial charge in [-0.2, -0.15) is 0 Å². The number of rotatable bonds is 15. The smallest absolute Gasteiger partial charge is 0.187 e. The van der Waals surface area contributed by atoms with Crippen molar-refractivity contribution in [3.8, 4) is 0 Å². The lowest BCUT2D eigenvalue weighted by Gasteiger charge is -2.71. The Hall–Kier alpha value is -1.14. The molecule has 4 saturated carbocycles. The topological polar surface area (TPSA) is 357 Å². The van der Waals surface area contributed by atoms with E-state index in [0.29, 0.717) is 38.5 Å². The summed E-state index contributed by atoms with van der Waals surface area (Å²) >= 11 is 0. The number of aliphatic hydroxyl groups excluding tert-OH is 14. The third-order valence-corrected chi connectivity index (χ3v) is 20.5. The van der Waals surface area contributed by atoms with E-state index in [4.69, 9.17) is 37.9 Å². The molecule has 29 atom stereocenters. The molecule has 0 aromatic carbocycles. The third kappa shape index (κ3) is 10.6. The lowest BCUT2D eigenvalue weighted by molar-refractivity contribution is -0.378. The highest BCUT2D eigenvalue weighted by Gasteiger charge is 2.72. The van der Waals surface area contributed by atoms with Gasteiger partial charge in [0, 0.05) is 0 Å². The number of fused-ring (bicyclic) bond motifs is 5. The molecule has 0 aromatic rings. The van der Waals surface area contributed by atoms with Gasteiger partial charge in [0.15, 0.2) is 25.2 Å². The van der Waals surface area contributed by atoms with Crippen LogP contribution in [0.4, 0.5) is 0 Å². The molecule has 8 rings (SSSR count). The molecule has 14 N–H and O–H groups in total. The Bertz CT molecular complexity index is 1940. The minimum atomic E-state index is -1.81. The van der Waals surface area contributed by atoms with E-state index >= 15 is 0 Å². The van der Waals surface area contributed by atoms with Gasteiger partial charge in [-0.1, -0.05) is 46.3 Å². The van der Waals surface area contributed by atoms with Crippen molar-refractivity contribution in [3.05, 3.63) is 11.6 Å². The molecule has 0 aromatic heterocycles. The molecule has 4 saturated heterocycles. The maximum absolute atomic E-state index is 12.8. The van der Waals surface area contributed by atoms with Gasteiger partial charge in [0.25, 0.3) is 0 Å². The van der Waals surface area contributed by atoms with Crippen LogP contribution in [-0.4, -0.2) is 232 Å². The summed E-state index contributed by atoms with van der Waals surface area (Å²) in [6, 6.07) is 0. The van der Waals surface area contributed by atoms with Crippen molar-refractivity contribution in [1.29, 1.82) is 0 Å². The number of hydrogen-bond acceptors (Lipinski definition) is 22. The zero-order valence-electron chi connectivity index (χ0n) is 44.7. The van der Waals surface area contributed by atoms with E-state index in [1.54, 1.807) is 0 Å². The summed E-state index contributed by atoms with van der Waals surface area (Å²) in [6.45, 7) is 15.1. The van der Waals surface area contributed by atoms with Crippen LogP contribution in [0, 0.1) is 45.3 Å². The average Bonchev–Trinajstić information content (AvgIpc) is 3.75. The van der Waals surface area contributed by atoms with Gasteiger partial charge in [-0.15, -0.1) is 0 Å². The first-order valence-electron chi connectivity index (χ1n) is 27.3. The van der Waals surface area contributed by atoms with Crippen LogP contribution in [0.25, 0.3) is 0 Å². The molecular formula is C53H90O22. The molecule has 0 amide bonds. The van der Waals surface area contributed by atoms with E-state index in [-0.39, 0.29) is 41.1 Å². The molecule has 22 heteroatoms. The fourth-order valence-electron chi connectivity index (χ4n) is 16.0. The largest absolute Gasteiger partial charge is 0.394 e. The minimum absolute atomic E-state index is 0.0508. The summed E-state index contributed by atoms with van der Waals surface area (Å²) in [6.07, 6.45) is -22.6. The van der Waals surface area contributed by atoms with Gasteiger partial charge in [0.2, 0.25) is 0 Å². The molecule has 8 fully saturated rings. The molecular weight excluding hydrogens is 989 g/mol. The maximum Gasteiger partial charge on any atom is 0.187 e. The van der Waals surface area contributed by atoms with Crippen LogP contribution < -0.4 is 0 Å². The monoisotopic (exact) mass is 1080 g/mol. The van der Waals surface area contributed by atoms with Gasteiger partial charge in [-0.3, -0.25) is 0 Å². The highest BCUT2D eigenvalue weighted by atomic mass is 16.8. The van der Waals surface area contributed by atoms with Gasteiger partial charge < -0.3 is 109 Å². The molecule has 4 heterocycles. The molecule has 434 valence electrons. The molecule has 22 nitrogen and oxygen atoms in total. The third-order valence-electron chi connectivity index (χ3n) is 20.5. The molecule has 75 heavy (non-hydrogen) atoms. The lowest BCUT2D eigenvalue weighted by Crippen LogP contribution is -2.68. The quantitative estimate of drug-likeness (QED) is 0.0651. The van der Waals surface area contributed by atoms with Gasteiger partial charge in [-0.25, -0.2) is 0 Å². The molecule has 8 aliphatic rings. The number of aliphatic hydroxyl groups is 14. The highest BCUT2D eigenvalue weighted by Crippen LogP contribution is 2.76. The van der Waals surface area contributed by atoms with Gasteiger partial charge in [-0.05, 0) is 124 Å². The predicted molar refractivity (Wildman–Crippen MR) is 260 cm³/mol. The van der Waals surface area contributed by atoms with E-state index in [1.807, 2.05) is 20.8 Å². The van der Waals surface area contributed by atoms with Crippen molar-refractivity contribution in [2.45, 2.75) is 248 Å². The van der Waals surface area contributed by atoms with E-state index < -0.39 is 165 Å². The first-order chi connectivity index (χ1) is 35.1. The minimum Gasteiger partial charge on any atom is -0.394 e. The summed E-state index contributed by atoms with van der Waals surface area (Å²) in [5.41, 5.74) is -1.48. The fraction of sp³-hybridized carbons (Fsp3) is 0.962. The van der Waals surface area contributed by atoms with Gasteiger partial charge in [0.05, 0.1) is 44.2 Å². The van der Waals surface area contributed by atoms with Gasteiger partial charge >= 0.3 is 0 Å². The Morgan fingerprint density at radius 3 is 1.80 bits per heavy atom. The maximum atomic E-state index is 12.8. The Morgan fingerprint density at radius 2 is 1.16 bits per heavy atom. The Labute approximate surface area is 439 Å². The molecule has 4 aliphatic heterocycles. The second-order valence-corrected chi connectivity index (χ2v) is 25.3. The average molecular weight is 1080 g/mol. The first-order valence-corrected chi connectivity index (χ1v) is 27.3. The SMILES string of the molecule is CC(C)=CCCC(C)(O[C@@H]1O[C@H](CO[C@H]2OC[C@@H](O)[C@H](O)[C@H]2O)[C@@H](O)[C@H](O)[C@H]1O)C1CCC2(C)C1C(O)CC1C3(C)CCC(O[C@@H]4O[C@H](CO)[C@@H](O)[C@H](O)[C@H]4O[C@@H]4O[C@H](CO)[C@@H](O)[C@H](O)[C@H]4O)C(C)(C)C3CCC12C. The summed E-state index contributed by atoms with van der Waals surface area (Å²) in [5, 5.41) is 151. The standard InChI is InChI=1S/C53H90O22/c1-23(2)10-9-14-53(8,75-47-43(67)39(63)37(61)29(72-47)22-69-45-41(65)34(58)26(57)21-68-45)24-11-16-52(7)33(24)25(56)18-31-50(5)15-13-32(49(3,4)30(50)12-17-51(31,52)6)73-48-44(40(64)36(60)28(20-55)71-48)74-46-42(66)38(62)35(59)27(19-54)70-46/h10,24-48,54-67H,9,11-22H2,1-8H3/t24?,25?,26-,27-,28-,29-,30?,31?,32?,33?,34+,35-,36-,37-,38+,39+,40+,41-,42-,43-,44-,45-,46+,47+,48+,50?,51?,52?,53?/m1/s1. The predicted octanol–water partition coefficient (Wildman–Crippen LogP) is -1.56. The number of ether oxygens (including phenoxy) is 8. The summed E-state index contributed by atoms with van der Waals surface area (Å²) < 4.78 is 48.8. The zero-order chi connectivity index (χ0) is 55.1. The Kier molecular flexibility index (Phi) is 18.1. The Balaban J connectivity index is 1.01. The number of hydrogen-bond donors (Lipinski definition) is 14. The Morgan fingerprint density at radius 1 is 0.587 bits per heavy atom. The van der Waals surface area contributed by atoms with Crippen LogP contribution in [0.1, 0.15) is 113 Å². The van der Waals surface area contributed by atoms with Crippen LogP contribution in [0.15, 0.2) is 11.6 Å². The molecule has 4 aliphatic carbocycles. The van der Waals surface area contributed by atoms with Crippen molar-refractivity contribution in [2.75, 3.05) is 26.4 Å². The zero-order valence-corrected chi connectivity index (χ0v) is 44.7. The summed E-state index contributed by atoms with van der Waals surface area (Å²) in [5.74, 6) is -0.395. The second-order valence-electron chi connectivity index (χ2n) is 25.3. The van der Waals surface area contributed by atoms with Crippen molar-refractivity contribution in [1.82, 2.24) is 0 Å². The summed E-state index contributed by atoms with van der Waals surface area (Å²) in [4.78, 5) is 0.